The number of hydrogen-bond acceptors (Lipinski definition) is 2. The minimum absolute atomic E-state index is 0.153. The molecule has 0 unspecified atom stereocenters. The highest BCUT2D eigenvalue weighted by Gasteiger charge is 2.53. The highest BCUT2D eigenvalue weighted by atomic mass is 79.9. The molecule has 20 heavy (non-hydrogen) atoms. The van der Waals surface area contributed by atoms with E-state index < -0.39 is 29.9 Å². The van der Waals surface area contributed by atoms with E-state index in [9.17, 15) is 8.78 Å². The van der Waals surface area contributed by atoms with Crippen molar-refractivity contribution in [2.24, 2.45) is 0 Å². The Hall–Kier alpha value is -0.715. The van der Waals surface area contributed by atoms with Gasteiger partial charge in [0.1, 0.15) is 11.5 Å². The fourth-order valence-electron chi connectivity index (χ4n) is 1.79. The Bertz CT molecular complexity index is 542. The van der Waals surface area contributed by atoms with Crippen LogP contribution < -0.4 is 0 Å². The quantitative estimate of drug-likeness (QED) is 0.734. The van der Waals surface area contributed by atoms with Gasteiger partial charge in [0.05, 0.1) is 11.2 Å². The topological polar surface area (TPSA) is 18.5 Å². The summed E-state index contributed by atoms with van der Waals surface area (Å²) in [7, 11) is -1.11. The largest absolute Gasteiger partial charge is 0.525 e. The second-order valence-corrected chi connectivity index (χ2v) is 6.70. The van der Waals surface area contributed by atoms with Crippen LogP contribution in [-0.4, -0.2) is 18.3 Å². The first-order valence-corrected chi connectivity index (χ1v) is 7.09. The van der Waals surface area contributed by atoms with E-state index in [4.69, 9.17) is 9.31 Å². The van der Waals surface area contributed by atoms with Crippen molar-refractivity contribution in [3.05, 3.63) is 39.8 Å². The molecule has 0 aliphatic carbocycles. The van der Waals surface area contributed by atoms with Gasteiger partial charge in [-0.2, -0.15) is 0 Å². The smallest absolute Gasteiger partial charge is 0.398 e. The van der Waals surface area contributed by atoms with Crippen molar-refractivity contribution in [2.45, 2.75) is 38.9 Å². The molecule has 0 atom stereocenters. The predicted octanol–water partition coefficient (Wildman–Crippen LogP) is 4.53. The van der Waals surface area contributed by atoms with Gasteiger partial charge in [0.25, 0.3) is 0 Å². The van der Waals surface area contributed by atoms with Crippen LogP contribution in [0.2, 0.25) is 0 Å². The van der Waals surface area contributed by atoms with E-state index >= 15 is 0 Å². The normalized spacial score (nSPS) is 21.4. The Labute approximate surface area is 126 Å². The maximum Gasteiger partial charge on any atom is 0.525 e. The van der Waals surface area contributed by atoms with E-state index in [0.717, 1.165) is 6.08 Å². The third-order valence-electron chi connectivity index (χ3n) is 3.73. The Morgan fingerprint density at radius 3 is 2.25 bits per heavy atom. The minimum Gasteiger partial charge on any atom is -0.398 e. The molecule has 0 radical (unpaired) electrons. The van der Waals surface area contributed by atoms with Crippen LogP contribution >= 0.6 is 15.9 Å². The lowest BCUT2D eigenvalue weighted by molar-refractivity contribution is 0.00578. The van der Waals surface area contributed by atoms with Crippen LogP contribution in [0.5, 0.6) is 0 Å². The molecule has 108 valence electrons. The van der Waals surface area contributed by atoms with Crippen molar-refractivity contribution < 1.29 is 18.1 Å². The average Bonchev–Trinajstić information content (AvgIpc) is 2.52. The summed E-state index contributed by atoms with van der Waals surface area (Å²) in [4.78, 5) is 0. The zero-order valence-electron chi connectivity index (χ0n) is 11.8. The van der Waals surface area contributed by atoms with Crippen molar-refractivity contribution in [1.29, 1.82) is 0 Å². The van der Waals surface area contributed by atoms with Gasteiger partial charge in [-0.3, -0.25) is 0 Å². The van der Waals surface area contributed by atoms with Crippen LogP contribution in [0.4, 0.5) is 8.78 Å². The van der Waals surface area contributed by atoms with E-state index in [-0.39, 0.29) is 5.56 Å². The molecule has 1 fully saturated rings. The van der Waals surface area contributed by atoms with E-state index in [1.165, 1.54) is 12.1 Å². The van der Waals surface area contributed by atoms with Gasteiger partial charge in [0.15, 0.2) is 0 Å². The van der Waals surface area contributed by atoms with Crippen LogP contribution in [0.1, 0.15) is 33.3 Å². The van der Waals surface area contributed by atoms with Gasteiger partial charge in [-0.25, -0.2) is 8.78 Å². The summed E-state index contributed by atoms with van der Waals surface area (Å²) >= 11 is 3.15. The molecule has 0 amide bonds. The van der Waals surface area contributed by atoms with Crippen LogP contribution in [0, 0.1) is 5.82 Å². The molecular formula is C14H16BBrF2O2. The van der Waals surface area contributed by atoms with E-state index in [2.05, 4.69) is 15.9 Å². The second kappa shape index (κ2) is 5.24. The molecule has 1 saturated heterocycles. The molecule has 1 aromatic carbocycles. The molecule has 0 N–H and O–H groups in total. The standard InChI is InChI=1S/C14H16BBrF2O2/c1-13(2)14(3,4)20-15(19-13)12(18)7-9-5-6-10(16)8-11(9)17/h5-8H,1-4H3. The fourth-order valence-corrected chi connectivity index (χ4v) is 2.12. The summed E-state index contributed by atoms with van der Waals surface area (Å²) < 4.78 is 39.6. The molecule has 6 heteroatoms. The van der Waals surface area contributed by atoms with Gasteiger partial charge in [0, 0.05) is 10.0 Å². The number of rotatable bonds is 2. The van der Waals surface area contributed by atoms with Crippen LogP contribution in [0.15, 0.2) is 28.4 Å². The van der Waals surface area contributed by atoms with Crippen LogP contribution in [0.3, 0.4) is 0 Å². The van der Waals surface area contributed by atoms with Gasteiger partial charge in [-0.15, -0.1) is 0 Å². The zero-order valence-corrected chi connectivity index (χ0v) is 13.4. The van der Waals surface area contributed by atoms with Crippen molar-refractivity contribution >= 4 is 29.1 Å². The molecule has 1 heterocycles. The molecule has 1 aliphatic rings. The lowest BCUT2D eigenvalue weighted by Crippen LogP contribution is -2.41. The summed E-state index contributed by atoms with van der Waals surface area (Å²) in [6, 6.07) is 4.42. The number of benzene rings is 1. The van der Waals surface area contributed by atoms with Gasteiger partial charge in [0.2, 0.25) is 0 Å². The average molecular weight is 345 g/mol. The third-order valence-corrected chi connectivity index (χ3v) is 4.23. The Morgan fingerprint density at radius 1 is 1.20 bits per heavy atom. The molecule has 0 bridgehead atoms. The first kappa shape index (κ1) is 15.7. The lowest BCUT2D eigenvalue weighted by Gasteiger charge is -2.32. The maximum absolute atomic E-state index is 14.2. The molecule has 0 spiro atoms. The fraction of sp³-hybridized carbons (Fsp3) is 0.429. The Balaban J connectivity index is 2.24. The summed E-state index contributed by atoms with van der Waals surface area (Å²) in [5, 5.41) is 0. The van der Waals surface area contributed by atoms with Crippen molar-refractivity contribution in [3.63, 3.8) is 0 Å². The summed E-state index contributed by atoms with van der Waals surface area (Å²) in [5.41, 5.74) is -1.74. The first-order valence-electron chi connectivity index (χ1n) is 6.30. The van der Waals surface area contributed by atoms with Crippen molar-refractivity contribution in [2.75, 3.05) is 0 Å². The summed E-state index contributed by atoms with van der Waals surface area (Å²) in [6.45, 7) is 7.34. The molecular weight excluding hydrogens is 329 g/mol. The zero-order chi connectivity index (χ0) is 15.1. The highest BCUT2D eigenvalue weighted by Crippen LogP contribution is 2.39. The first-order chi connectivity index (χ1) is 9.12. The van der Waals surface area contributed by atoms with Gasteiger partial charge >= 0.3 is 7.12 Å². The SMILES string of the molecule is CC1(C)OB(C(F)=Cc2ccc(Br)cc2F)OC1(C)C. The van der Waals surface area contributed by atoms with Gasteiger partial charge < -0.3 is 9.31 Å². The van der Waals surface area contributed by atoms with E-state index in [0.29, 0.717) is 4.47 Å². The minimum atomic E-state index is -1.11. The lowest BCUT2D eigenvalue weighted by atomic mass is 9.87. The second-order valence-electron chi connectivity index (χ2n) is 5.78. The Kier molecular flexibility index (Phi) is 4.11. The molecule has 0 aromatic heterocycles. The predicted molar refractivity (Wildman–Crippen MR) is 79.3 cm³/mol. The molecule has 1 aromatic rings. The van der Waals surface area contributed by atoms with E-state index in [1.54, 1.807) is 6.07 Å². The monoisotopic (exact) mass is 344 g/mol. The van der Waals surface area contributed by atoms with Crippen molar-refractivity contribution in [1.82, 2.24) is 0 Å². The number of halogens is 3. The summed E-state index contributed by atoms with van der Waals surface area (Å²) in [5.74, 6) is -0.508. The highest BCUT2D eigenvalue weighted by molar-refractivity contribution is 9.10. The molecule has 1 aliphatic heterocycles. The maximum atomic E-state index is 14.2. The van der Waals surface area contributed by atoms with Crippen LogP contribution in [-0.2, 0) is 9.31 Å². The van der Waals surface area contributed by atoms with Gasteiger partial charge in [-0.1, -0.05) is 22.0 Å². The van der Waals surface area contributed by atoms with Crippen LogP contribution in [0.25, 0.3) is 6.08 Å². The number of hydrogen-bond donors (Lipinski definition) is 0. The van der Waals surface area contributed by atoms with Crippen molar-refractivity contribution in [3.8, 4) is 0 Å². The Morgan fingerprint density at radius 2 is 1.75 bits per heavy atom. The summed E-state index contributed by atoms with van der Waals surface area (Å²) in [6.07, 6.45) is 1.10. The molecule has 2 nitrogen and oxygen atoms in total. The van der Waals surface area contributed by atoms with E-state index in [1.807, 2.05) is 27.7 Å². The van der Waals surface area contributed by atoms with Gasteiger partial charge in [-0.05, 0) is 45.9 Å². The third kappa shape index (κ3) is 2.97. The molecule has 2 rings (SSSR count). The molecule has 0 saturated carbocycles.